The topological polar surface area (TPSA) is 90.2 Å². The lowest BCUT2D eigenvalue weighted by atomic mass is 9.91. The molecule has 0 bridgehead atoms. The Morgan fingerprint density at radius 1 is 1.25 bits per heavy atom. The molecule has 1 aliphatic heterocycles. The lowest BCUT2D eigenvalue weighted by molar-refractivity contribution is -0.136. The molecule has 0 radical (unpaired) electrons. The second-order valence-corrected chi connectivity index (χ2v) is 6.41. The van der Waals surface area contributed by atoms with Gasteiger partial charge in [-0.3, -0.25) is 4.79 Å². The molecule has 1 fully saturated rings. The Labute approximate surface area is 141 Å². The molecule has 1 heterocycles. The lowest BCUT2D eigenvalue weighted by Crippen LogP contribution is -2.46. The maximum atomic E-state index is 12.7. The van der Waals surface area contributed by atoms with E-state index in [0.717, 1.165) is 11.1 Å². The number of hydrogen-bond acceptors (Lipinski definition) is 5. The van der Waals surface area contributed by atoms with E-state index < -0.39 is 18.3 Å². The van der Waals surface area contributed by atoms with Crippen molar-refractivity contribution < 1.29 is 24.9 Å². The van der Waals surface area contributed by atoms with Crippen LogP contribution < -0.4 is 0 Å². The highest BCUT2D eigenvalue weighted by molar-refractivity contribution is 5.94. The van der Waals surface area contributed by atoms with Crippen molar-refractivity contribution in [2.45, 2.75) is 37.8 Å². The van der Waals surface area contributed by atoms with Crippen LogP contribution in [0.4, 0.5) is 0 Å². The molecule has 6 nitrogen and oxygen atoms in total. The summed E-state index contributed by atoms with van der Waals surface area (Å²) in [6, 6.07) is 7.92. The summed E-state index contributed by atoms with van der Waals surface area (Å²) in [5.41, 5.74) is 2.51. The fourth-order valence-electron chi connectivity index (χ4n) is 3.28. The summed E-state index contributed by atoms with van der Waals surface area (Å²) >= 11 is 0. The molecule has 1 unspecified atom stereocenters. The van der Waals surface area contributed by atoms with Crippen LogP contribution in [0.2, 0.25) is 0 Å². The number of carbonyl (C=O) groups excluding carboxylic acids is 1. The van der Waals surface area contributed by atoms with Gasteiger partial charge in [0.1, 0.15) is 18.3 Å². The van der Waals surface area contributed by atoms with Gasteiger partial charge < -0.3 is 25.0 Å². The lowest BCUT2D eigenvalue weighted by Gasteiger charge is -2.36. The van der Waals surface area contributed by atoms with Gasteiger partial charge in [-0.1, -0.05) is 24.3 Å². The van der Waals surface area contributed by atoms with Crippen LogP contribution in [0.3, 0.4) is 0 Å². The smallest absolute Gasteiger partial charge is 0.249 e. The molecule has 0 aromatic heterocycles. The van der Waals surface area contributed by atoms with E-state index in [1.54, 1.807) is 4.90 Å². The van der Waals surface area contributed by atoms with Crippen molar-refractivity contribution in [3.8, 4) is 0 Å². The summed E-state index contributed by atoms with van der Waals surface area (Å²) in [6.45, 7) is 3.34. The number of aliphatic hydroxyl groups excluding tert-OH is 3. The van der Waals surface area contributed by atoms with Crippen LogP contribution in [0.25, 0.3) is 0 Å². The Kier molecular flexibility index (Phi) is 5.01. The van der Waals surface area contributed by atoms with E-state index in [-0.39, 0.29) is 18.4 Å². The van der Waals surface area contributed by atoms with E-state index >= 15 is 0 Å². The molecule has 0 spiro atoms. The molecule has 2 aliphatic rings. The van der Waals surface area contributed by atoms with Crippen LogP contribution in [0, 0.1) is 6.92 Å². The quantitative estimate of drug-likeness (QED) is 0.725. The molecule has 1 aromatic rings. The van der Waals surface area contributed by atoms with Crippen LogP contribution in [-0.4, -0.2) is 64.1 Å². The summed E-state index contributed by atoms with van der Waals surface area (Å²) in [5.74, 6) is -0.220. The molecule has 0 saturated carbocycles. The highest BCUT2D eigenvalue weighted by atomic mass is 16.5. The zero-order chi connectivity index (χ0) is 17.3. The molecule has 6 heteroatoms. The number of hydrogen-bond donors (Lipinski definition) is 3. The SMILES string of the molecule is Cc1ccccc1C1CN(C(=O)C2=C[C@@H](O)[C@@H](O)[C@H](O)C2)CCO1. The monoisotopic (exact) mass is 333 g/mol. The van der Waals surface area contributed by atoms with Crippen LogP contribution in [-0.2, 0) is 9.53 Å². The zero-order valence-corrected chi connectivity index (χ0v) is 13.6. The van der Waals surface area contributed by atoms with Gasteiger partial charge in [0.2, 0.25) is 5.91 Å². The molecule has 3 rings (SSSR count). The van der Waals surface area contributed by atoms with Crippen molar-refractivity contribution in [1.82, 2.24) is 4.90 Å². The van der Waals surface area contributed by atoms with Gasteiger partial charge in [-0.2, -0.15) is 0 Å². The third-order valence-electron chi connectivity index (χ3n) is 4.71. The fraction of sp³-hybridized carbons (Fsp3) is 0.500. The van der Waals surface area contributed by atoms with E-state index in [1.165, 1.54) is 6.08 Å². The zero-order valence-electron chi connectivity index (χ0n) is 13.6. The number of carbonyl (C=O) groups is 1. The van der Waals surface area contributed by atoms with Gasteiger partial charge in [0.15, 0.2) is 0 Å². The average molecular weight is 333 g/mol. The van der Waals surface area contributed by atoms with Crippen LogP contribution >= 0.6 is 0 Å². The van der Waals surface area contributed by atoms with Gasteiger partial charge in [-0.25, -0.2) is 0 Å². The Balaban J connectivity index is 1.74. The Morgan fingerprint density at radius 2 is 2.00 bits per heavy atom. The molecular formula is C18H23NO5. The maximum absolute atomic E-state index is 12.7. The maximum Gasteiger partial charge on any atom is 0.249 e. The summed E-state index contributed by atoms with van der Waals surface area (Å²) in [4.78, 5) is 14.4. The van der Waals surface area contributed by atoms with E-state index in [9.17, 15) is 20.1 Å². The molecule has 1 amide bonds. The molecule has 130 valence electrons. The standard InChI is InChI=1S/C18H23NO5/c1-11-4-2-3-5-13(11)16-10-19(6-7-24-16)18(23)12-8-14(20)17(22)15(21)9-12/h2-5,8,14-17,20-22H,6-7,9-10H2,1H3/t14-,15-,16?,17-/m1/s1. The number of benzene rings is 1. The molecule has 24 heavy (non-hydrogen) atoms. The Morgan fingerprint density at radius 3 is 2.71 bits per heavy atom. The van der Waals surface area contributed by atoms with E-state index in [0.29, 0.717) is 25.3 Å². The van der Waals surface area contributed by atoms with Crippen LogP contribution in [0.15, 0.2) is 35.9 Å². The minimum absolute atomic E-state index is 0.0451. The first-order valence-corrected chi connectivity index (χ1v) is 8.18. The molecular weight excluding hydrogens is 310 g/mol. The van der Waals surface area contributed by atoms with Crippen LogP contribution in [0.1, 0.15) is 23.7 Å². The second kappa shape index (κ2) is 7.03. The summed E-state index contributed by atoms with van der Waals surface area (Å²) in [6.07, 6.45) is -2.39. The molecule has 4 atom stereocenters. The Bertz CT molecular complexity index is 644. The number of aryl methyl sites for hydroxylation is 1. The summed E-state index contributed by atoms with van der Waals surface area (Å²) in [7, 11) is 0. The van der Waals surface area contributed by atoms with Crippen molar-refractivity contribution in [3.63, 3.8) is 0 Å². The predicted molar refractivity (Wildman–Crippen MR) is 87.2 cm³/mol. The number of ether oxygens (including phenoxy) is 1. The highest BCUT2D eigenvalue weighted by Gasteiger charge is 2.34. The summed E-state index contributed by atoms with van der Waals surface area (Å²) in [5, 5.41) is 29.1. The van der Waals surface area contributed by atoms with Crippen molar-refractivity contribution >= 4 is 5.91 Å². The minimum atomic E-state index is -1.24. The third kappa shape index (κ3) is 3.37. The predicted octanol–water partition coefficient (Wildman–Crippen LogP) is 0.308. The number of aliphatic hydroxyl groups is 3. The molecule has 1 aromatic carbocycles. The second-order valence-electron chi connectivity index (χ2n) is 6.41. The first kappa shape index (κ1) is 17.1. The minimum Gasteiger partial charge on any atom is -0.390 e. The van der Waals surface area contributed by atoms with Crippen LogP contribution in [0.5, 0.6) is 0 Å². The van der Waals surface area contributed by atoms with E-state index in [2.05, 4.69) is 0 Å². The van der Waals surface area contributed by atoms with Gasteiger partial charge in [0.05, 0.1) is 19.3 Å². The number of rotatable bonds is 2. The normalized spacial score (nSPS) is 30.8. The first-order valence-electron chi connectivity index (χ1n) is 8.18. The van der Waals surface area contributed by atoms with Gasteiger partial charge in [0, 0.05) is 18.5 Å². The highest BCUT2D eigenvalue weighted by Crippen LogP contribution is 2.27. The van der Waals surface area contributed by atoms with Crippen molar-refractivity contribution in [1.29, 1.82) is 0 Å². The molecule has 3 N–H and O–H groups in total. The van der Waals surface area contributed by atoms with Gasteiger partial charge in [-0.15, -0.1) is 0 Å². The number of morpholine rings is 1. The van der Waals surface area contributed by atoms with Gasteiger partial charge >= 0.3 is 0 Å². The van der Waals surface area contributed by atoms with Crippen molar-refractivity contribution in [2.24, 2.45) is 0 Å². The van der Waals surface area contributed by atoms with Gasteiger partial charge in [0.25, 0.3) is 0 Å². The van der Waals surface area contributed by atoms with E-state index in [1.807, 2.05) is 31.2 Å². The average Bonchev–Trinajstić information content (AvgIpc) is 2.59. The largest absolute Gasteiger partial charge is 0.390 e. The number of nitrogens with zero attached hydrogens (tertiary/aromatic N) is 1. The first-order chi connectivity index (χ1) is 11.5. The fourth-order valence-corrected chi connectivity index (χ4v) is 3.28. The third-order valence-corrected chi connectivity index (χ3v) is 4.71. The molecule has 1 saturated heterocycles. The van der Waals surface area contributed by atoms with Crippen molar-refractivity contribution in [3.05, 3.63) is 47.0 Å². The number of amides is 1. The Hall–Kier alpha value is -1.73. The van der Waals surface area contributed by atoms with Gasteiger partial charge in [-0.05, 0) is 24.1 Å². The summed E-state index contributed by atoms with van der Waals surface area (Å²) < 4.78 is 5.82. The van der Waals surface area contributed by atoms with Crippen molar-refractivity contribution in [2.75, 3.05) is 19.7 Å². The van der Waals surface area contributed by atoms with E-state index in [4.69, 9.17) is 4.74 Å². The molecule has 1 aliphatic carbocycles.